The van der Waals surface area contributed by atoms with Crippen LogP contribution in [-0.4, -0.2) is 95.8 Å². The van der Waals surface area contributed by atoms with Gasteiger partial charge in [-0.05, 0) is 125 Å². The van der Waals surface area contributed by atoms with Gasteiger partial charge in [0.25, 0.3) is 11.8 Å². The summed E-state index contributed by atoms with van der Waals surface area (Å²) < 4.78 is 46.1. The number of pyridine rings is 1. The summed E-state index contributed by atoms with van der Waals surface area (Å²) in [6.45, 7) is 18.5. The highest BCUT2D eigenvalue weighted by molar-refractivity contribution is 7.99. The summed E-state index contributed by atoms with van der Waals surface area (Å²) in [6.07, 6.45) is 2.23. The molecule has 0 saturated carbocycles. The van der Waals surface area contributed by atoms with Crippen molar-refractivity contribution < 1.29 is 32.3 Å². The molecule has 0 bridgehead atoms. The van der Waals surface area contributed by atoms with Crippen molar-refractivity contribution in [2.75, 3.05) is 63.1 Å². The predicted molar refractivity (Wildman–Crippen MR) is 257 cm³/mol. The Hall–Kier alpha value is -4.92. The minimum atomic E-state index is -4.49. The Balaban J connectivity index is 1.20. The fraction of sp³-hybridized carbons (Fsp3) is 0.490. The molecule has 1 aromatic heterocycles. The molecule has 2 heterocycles. The van der Waals surface area contributed by atoms with E-state index in [2.05, 4.69) is 53.1 Å². The molecule has 2 N–H and O–H groups in total. The number of halogens is 3. The third kappa shape index (κ3) is 15.9. The van der Waals surface area contributed by atoms with E-state index < -0.39 is 23.2 Å². The number of ether oxygens (including phenoxy) is 1. The molecule has 10 nitrogen and oxygen atoms in total. The molecule has 1 aliphatic rings. The van der Waals surface area contributed by atoms with Crippen LogP contribution in [0.25, 0.3) is 11.3 Å². The molecule has 1 saturated heterocycles. The van der Waals surface area contributed by atoms with Crippen LogP contribution in [0, 0.1) is 0 Å². The second-order valence-corrected chi connectivity index (χ2v) is 19.7. The standard InChI is InChI=1S/C51H67F3N6O4S/c1-8-59(9-2)29-28-58(7)46(61)21-23-49(3,4)64-30-24-50(5,6)65-36-38-16-13-17-39(31-38)48(63)57-44-20-19-42(60-26-11-10-12-27-60)34-43(44)45-33-40(22-25-55-45)47(62)56-35-37-15-14-18-41(32-37)51(52,53)54/h13-20,22,25,31-34H,8-12,21,23-24,26-30,35-36H2,1-7H3,(H,56,62)(H,57,63). The number of nitrogens with zero attached hydrogens (tertiary/aromatic N) is 4. The zero-order valence-electron chi connectivity index (χ0n) is 39.2. The number of benzene rings is 3. The molecule has 3 amide bonds. The number of carbonyl (C=O) groups excluding carboxylic acids is 3. The zero-order chi connectivity index (χ0) is 47.2. The number of nitrogens with one attached hydrogen (secondary N) is 2. The van der Waals surface area contributed by atoms with E-state index >= 15 is 0 Å². The number of piperidine rings is 1. The number of hydrogen-bond donors (Lipinski definition) is 2. The molecule has 3 aromatic carbocycles. The van der Waals surface area contributed by atoms with E-state index in [1.54, 1.807) is 30.0 Å². The highest BCUT2D eigenvalue weighted by Crippen LogP contribution is 2.35. The van der Waals surface area contributed by atoms with Gasteiger partial charge in [0.1, 0.15) is 0 Å². The van der Waals surface area contributed by atoms with Gasteiger partial charge < -0.3 is 30.1 Å². The van der Waals surface area contributed by atoms with E-state index in [-0.39, 0.29) is 28.7 Å². The molecule has 0 aliphatic carbocycles. The summed E-state index contributed by atoms with van der Waals surface area (Å²) in [5, 5.41) is 5.84. The highest BCUT2D eigenvalue weighted by Gasteiger charge is 2.30. The first-order valence-corrected chi connectivity index (χ1v) is 23.8. The highest BCUT2D eigenvalue weighted by atomic mass is 32.2. The molecule has 0 unspecified atom stereocenters. The molecular formula is C51H67F3N6O4S. The van der Waals surface area contributed by atoms with Gasteiger partial charge in [0.05, 0.1) is 22.5 Å². The molecule has 0 spiro atoms. The lowest BCUT2D eigenvalue weighted by atomic mass is 10.0. The van der Waals surface area contributed by atoms with Gasteiger partial charge in [-0.2, -0.15) is 24.9 Å². The van der Waals surface area contributed by atoms with Crippen molar-refractivity contribution in [1.29, 1.82) is 0 Å². The van der Waals surface area contributed by atoms with Crippen LogP contribution in [0.4, 0.5) is 24.5 Å². The first kappa shape index (κ1) is 51.1. The molecular weight excluding hydrogens is 850 g/mol. The monoisotopic (exact) mass is 916 g/mol. The zero-order valence-corrected chi connectivity index (χ0v) is 40.0. The van der Waals surface area contributed by atoms with E-state index in [4.69, 9.17) is 4.74 Å². The normalized spacial score (nSPS) is 13.5. The van der Waals surface area contributed by atoms with Crippen molar-refractivity contribution in [2.24, 2.45) is 0 Å². The van der Waals surface area contributed by atoms with Gasteiger partial charge in [-0.1, -0.05) is 52.0 Å². The Morgan fingerprint density at radius 3 is 2.25 bits per heavy atom. The van der Waals surface area contributed by atoms with E-state index in [9.17, 15) is 27.6 Å². The maximum Gasteiger partial charge on any atom is 0.416 e. The summed E-state index contributed by atoms with van der Waals surface area (Å²) in [6, 6.07) is 21.5. The average molecular weight is 917 g/mol. The predicted octanol–water partition coefficient (Wildman–Crippen LogP) is 10.7. The molecule has 0 atom stereocenters. The van der Waals surface area contributed by atoms with Crippen LogP contribution in [0.15, 0.2) is 85.1 Å². The van der Waals surface area contributed by atoms with Gasteiger partial charge in [-0.25, -0.2) is 0 Å². The third-order valence-corrected chi connectivity index (χ3v) is 13.5. The number of likely N-dealkylation sites (N-methyl/N-ethyl adjacent to an activating group) is 2. The smallest absolute Gasteiger partial charge is 0.376 e. The number of amides is 3. The quantitative estimate of drug-likeness (QED) is 0.0803. The van der Waals surface area contributed by atoms with Crippen molar-refractivity contribution in [3.8, 4) is 11.3 Å². The second kappa shape index (κ2) is 23.5. The molecule has 14 heteroatoms. The maximum absolute atomic E-state index is 13.9. The second-order valence-electron chi connectivity index (χ2n) is 18.0. The first-order chi connectivity index (χ1) is 30.9. The number of alkyl halides is 3. The number of carbonyl (C=O) groups is 3. The minimum Gasteiger partial charge on any atom is -0.376 e. The minimum absolute atomic E-state index is 0.0888. The Morgan fingerprint density at radius 1 is 0.815 bits per heavy atom. The Morgan fingerprint density at radius 2 is 1.52 bits per heavy atom. The van der Waals surface area contributed by atoms with Crippen LogP contribution < -0.4 is 15.5 Å². The number of aromatic nitrogens is 1. The van der Waals surface area contributed by atoms with Crippen molar-refractivity contribution in [3.05, 3.63) is 113 Å². The van der Waals surface area contributed by atoms with Crippen LogP contribution in [-0.2, 0) is 28.0 Å². The van der Waals surface area contributed by atoms with Gasteiger partial charge in [0.15, 0.2) is 0 Å². The van der Waals surface area contributed by atoms with E-state index in [1.165, 1.54) is 24.8 Å². The van der Waals surface area contributed by atoms with Gasteiger partial charge in [-0.15, -0.1) is 0 Å². The lowest BCUT2D eigenvalue weighted by Gasteiger charge is -2.30. The lowest BCUT2D eigenvalue weighted by Crippen LogP contribution is -2.37. The molecule has 0 radical (unpaired) electrons. The summed E-state index contributed by atoms with van der Waals surface area (Å²) in [7, 11) is 1.87. The van der Waals surface area contributed by atoms with Crippen LogP contribution in [0.2, 0.25) is 0 Å². The van der Waals surface area contributed by atoms with Gasteiger partial charge in [-0.3, -0.25) is 19.4 Å². The molecule has 352 valence electrons. The van der Waals surface area contributed by atoms with E-state index in [0.29, 0.717) is 59.8 Å². The van der Waals surface area contributed by atoms with Gasteiger partial charge in [0.2, 0.25) is 5.91 Å². The topological polar surface area (TPSA) is 107 Å². The number of rotatable bonds is 22. The molecule has 5 rings (SSSR count). The van der Waals surface area contributed by atoms with Crippen LogP contribution in [0.3, 0.4) is 0 Å². The van der Waals surface area contributed by atoms with Gasteiger partial charge >= 0.3 is 6.18 Å². The fourth-order valence-corrected chi connectivity index (χ4v) is 8.58. The fourth-order valence-electron chi connectivity index (χ4n) is 7.61. The third-order valence-electron chi connectivity index (χ3n) is 12.0. The van der Waals surface area contributed by atoms with Gasteiger partial charge in [0, 0.05) is 91.9 Å². The van der Waals surface area contributed by atoms with Crippen molar-refractivity contribution in [3.63, 3.8) is 0 Å². The van der Waals surface area contributed by atoms with Crippen LogP contribution in [0.5, 0.6) is 0 Å². The SMILES string of the molecule is CCN(CC)CCN(C)C(=O)CCC(C)(C)OCCC(C)(C)SCc1cccc(C(=O)Nc2ccc(N3CCCCC3)cc2-c2cc(C(=O)NCc3cccc(C(F)(F)F)c3)ccn2)c1. The Kier molecular flexibility index (Phi) is 18.5. The average Bonchev–Trinajstić information content (AvgIpc) is 3.29. The van der Waals surface area contributed by atoms with Crippen molar-refractivity contribution in [1.82, 2.24) is 20.1 Å². The molecule has 1 aliphatic heterocycles. The lowest BCUT2D eigenvalue weighted by molar-refractivity contribution is -0.137. The molecule has 1 fully saturated rings. The molecule has 65 heavy (non-hydrogen) atoms. The van der Waals surface area contributed by atoms with Crippen molar-refractivity contribution >= 4 is 40.9 Å². The number of thioether (sulfide) groups is 1. The maximum atomic E-state index is 13.9. The van der Waals surface area contributed by atoms with Crippen molar-refractivity contribution in [2.45, 2.75) is 109 Å². The van der Waals surface area contributed by atoms with Crippen LogP contribution in [0.1, 0.15) is 117 Å². The summed E-state index contributed by atoms with van der Waals surface area (Å²) in [5.74, 6) is 0.0671. The van der Waals surface area contributed by atoms with E-state index in [0.717, 1.165) is 75.4 Å². The summed E-state index contributed by atoms with van der Waals surface area (Å²) >= 11 is 1.80. The first-order valence-electron chi connectivity index (χ1n) is 22.8. The summed E-state index contributed by atoms with van der Waals surface area (Å²) in [5.41, 5.74) is 3.51. The number of hydrogen-bond acceptors (Lipinski definition) is 8. The number of anilines is 2. The molecule has 4 aromatic rings. The van der Waals surface area contributed by atoms with E-state index in [1.807, 2.05) is 62.2 Å². The summed E-state index contributed by atoms with van der Waals surface area (Å²) in [4.78, 5) is 51.1. The largest absolute Gasteiger partial charge is 0.416 e. The Bertz CT molecular complexity index is 2210. The van der Waals surface area contributed by atoms with Crippen LogP contribution >= 0.6 is 11.8 Å². The Labute approximate surface area is 388 Å².